The molecule has 1 amide bonds. The highest BCUT2D eigenvalue weighted by Gasteiger charge is 2.14. The van der Waals surface area contributed by atoms with Gasteiger partial charge in [-0.1, -0.05) is 23.4 Å². The molecule has 0 unspecified atom stereocenters. The van der Waals surface area contributed by atoms with Crippen molar-refractivity contribution in [2.75, 3.05) is 0 Å². The van der Waals surface area contributed by atoms with Crippen molar-refractivity contribution in [3.05, 3.63) is 89.3 Å². The summed E-state index contributed by atoms with van der Waals surface area (Å²) in [5, 5.41) is 11.1. The van der Waals surface area contributed by atoms with Crippen molar-refractivity contribution in [2.24, 2.45) is 0 Å². The second-order valence-corrected chi connectivity index (χ2v) is 7.25. The van der Waals surface area contributed by atoms with Gasteiger partial charge in [-0.25, -0.2) is 9.67 Å². The van der Waals surface area contributed by atoms with Crippen molar-refractivity contribution in [3.8, 4) is 11.4 Å². The first-order chi connectivity index (χ1) is 15.0. The molecular weight excluding hydrogens is 394 g/mol. The molecule has 4 aromatic rings. The zero-order chi connectivity index (χ0) is 21.8. The fourth-order valence-corrected chi connectivity index (χ4v) is 3.21. The van der Waals surface area contributed by atoms with Crippen LogP contribution in [0.15, 0.2) is 65.7 Å². The first-order valence-corrected chi connectivity index (χ1v) is 9.91. The zero-order valence-electron chi connectivity index (χ0n) is 17.6. The van der Waals surface area contributed by atoms with E-state index in [0.29, 0.717) is 17.9 Å². The standard InChI is InChI=1S/C23H23N5O3/c1-15(18-7-9-20(10-8-18)28-14-24-13-25-28)26-23(29)19-5-4-6-21(11-19)30-12-22-16(2)27-31-17(22)3/h4-11,13-15H,12H2,1-3H3,(H,26,29)/t15-/m1/s1. The van der Waals surface area contributed by atoms with E-state index in [1.807, 2.05) is 51.1 Å². The third kappa shape index (κ3) is 4.63. The molecule has 8 nitrogen and oxygen atoms in total. The summed E-state index contributed by atoms with van der Waals surface area (Å²) in [6.45, 7) is 6.00. The van der Waals surface area contributed by atoms with E-state index in [-0.39, 0.29) is 11.9 Å². The number of carbonyl (C=O) groups is 1. The first-order valence-electron chi connectivity index (χ1n) is 9.91. The maximum absolute atomic E-state index is 12.8. The van der Waals surface area contributed by atoms with Crippen LogP contribution in [0.2, 0.25) is 0 Å². The SMILES string of the molecule is Cc1noc(C)c1COc1cccc(C(=O)N[C@H](C)c2ccc(-n3cncn3)cc2)c1. The van der Waals surface area contributed by atoms with E-state index in [1.54, 1.807) is 29.2 Å². The van der Waals surface area contributed by atoms with Crippen LogP contribution in [0, 0.1) is 13.8 Å². The van der Waals surface area contributed by atoms with E-state index in [9.17, 15) is 4.79 Å². The minimum absolute atomic E-state index is 0.163. The summed E-state index contributed by atoms with van der Waals surface area (Å²) < 4.78 is 12.7. The number of rotatable bonds is 7. The molecule has 0 aliphatic rings. The van der Waals surface area contributed by atoms with Crippen LogP contribution in [-0.4, -0.2) is 25.8 Å². The van der Waals surface area contributed by atoms with Crippen LogP contribution in [0.1, 0.15) is 45.9 Å². The predicted octanol–water partition coefficient (Wildman–Crippen LogP) is 3.94. The Bertz CT molecular complexity index is 1150. The maximum atomic E-state index is 12.8. The summed E-state index contributed by atoms with van der Waals surface area (Å²) >= 11 is 0. The average molecular weight is 417 g/mol. The Labute approximate surface area is 179 Å². The second-order valence-electron chi connectivity index (χ2n) is 7.25. The van der Waals surface area contributed by atoms with Gasteiger partial charge in [0, 0.05) is 5.56 Å². The molecule has 0 aliphatic carbocycles. The van der Waals surface area contributed by atoms with Crippen molar-refractivity contribution in [2.45, 2.75) is 33.4 Å². The molecule has 0 saturated heterocycles. The summed E-state index contributed by atoms with van der Waals surface area (Å²) in [4.78, 5) is 16.7. The molecule has 0 aliphatic heterocycles. The van der Waals surface area contributed by atoms with Crippen molar-refractivity contribution < 1.29 is 14.1 Å². The molecular formula is C23H23N5O3. The van der Waals surface area contributed by atoms with Crippen molar-refractivity contribution in [1.82, 2.24) is 25.2 Å². The molecule has 0 fully saturated rings. The number of carbonyl (C=O) groups excluding carboxylic acids is 1. The second kappa shape index (κ2) is 8.83. The largest absolute Gasteiger partial charge is 0.489 e. The van der Waals surface area contributed by atoms with E-state index in [4.69, 9.17) is 9.26 Å². The zero-order valence-corrected chi connectivity index (χ0v) is 17.6. The maximum Gasteiger partial charge on any atom is 0.251 e. The Morgan fingerprint density at radius 3 is 2.68 bits per heavy atom. The number of nitrogens with zero attached hydrogens (tertiary/aromatic N) is 4. The molecule has 1 atom stereocenters. The number of amides is 1. The Morgan fingerprint density at radius 1 is 1.19 bits per heavy atom. The van der Waals surface area contributed by atoms with E-state index >= 15 is 0 Å². The van der Waals surface area contributed by atoms with Gasteiger partial charge in [0.05, 0.1) is 23.0 Å². The van der Waals surface area contributed by atoms with Crippen molar-refractivity contribution in [1.29, 1.82) is 0 Å². The van der Waals surface area contributed by atoms with Crippen LogP contribution < -0.4 is 10.1 Å². The molecule has 0 bridgehead atoms. The Kier molecular flexibility index (Phi) is 5.79. The lowest BCUT2D eigenvalue weighted by molar-refractivity contribution is 0.0939. The molecule has 2 aromatic carbocycles. The van der Waals surface area contributed by atoms with Crippen LogP contribution >= 0.6 is 0 Å². The number of hydrogen-bond donors (Lipinski definition) is 1. The summed E-state index contributed by atoms with van der Waals surface area (Å²) in [7, 11) is 0. The minimum atomic E-state index is -0.171. The van der Waals surface area contributed by atoms with Gasteiger partial charge in [0.25, 0.3) is 5.91 Å². The average Bonchev–Trinajstić information content (AvgIpc) is 3.43. The molecule has 4 rings (SSSR count). The van der Waals surface area contributed by atoms with Gasteiger partial charge in [0.2, 0.25) is 0 Å². The number of benzene rings is 2. The highest BCUT2D eigenvalue weighted by Crippen LogP contribution is 2.20. The highest BCUT2D eigenvalue weighted by molar-refractivity contribution is 5.94. The van der Waals surface area contributed by atoms with Gasteiger partial charge in [-0.05, 0) is 56.7 Å². The summed E-state index contributed by atoms with van der Waals surface area (Å²) in [6.07, 6.45) is 3.13. The molecule has 2 aromatic heterocycles. The Morgan fingerprint density at radius 2 is 2.00 bits per heavy atom. The molecule has 1 N–H and O–H groups in total. The monoisotopic (exact) mass is 417 g/mol. The van der Waals surface area contributed by atoms with Gasteiger partial charge in [0.15, 0.2) is 0 Å². The van der Waals surface area contributed by atoms with Crippen LogP contribution in [0.5, 0.6) is 5.75 Å². The molecule has 2 heterocycles. The lowest BCUT2D eigenvalue weighted by Gasteiger charge is -2.15. The fraction of sp³-hybridized carbons (Fsp3) is 0.217. The normalized spacial score (nSPS) is 11.8. The van der Waals surface area contributed by atoms with Gasteiger partial charge in [0.1, 0.15) is 30.8 Å². The number of nitrogens with one attached hydrogen (secondary N) is 1. The van der Waals surface area contributed by atoms with Crippen LogP contribution in [0.4, 0.5) is 0 Å². The quantitative estimate of drug-likeness (QED) is 0.489. The first kappa shape index (κ1) is 20.3. The summed E-state index contributed by atoms with van der Waals surface area (Å²) in [6, 6.07) is 14.8. The van der Waals surface area contributed by atoms with Gasteiger partial charge >= 0.3 is 0 Å². The summed E-state index contributed by atoms with van der Waals surface area (Å²) in [5.41, 5.74) is 4.14. The number of hydrogen-bond acceptors (Lipinski definition) is 6. The number of aryl methyl sites for hydroxylation is 2. The number of aromatic nitrogens is 4. The van der Waals surface area contributed by atoms with Gasteiger partial charge in [-0.3, -0.25) is 4.79 Å². The van der Waals surface area contributed by atoms with E-state index < -0.39 is 0 Å². The van der Waals surface area contributed by atoms with Gasteiger partial charge in [-0.15, -0.1) is 0 Å². The Balaban J connectivity index is 1.39. The fourth-order valence-electron chi connectivity index (χ4n) is 3.21. The van der Waals surface area contributed by atoms with Crippen LogP contribution in [0.3, 0.4) is 0 Å². The molecule has 158 valence electrons. The van der Waals surface area contributed by atoms with Gasteiger partial charge in [-0.2, -0.15) is 5.10 Å². The smallest absolute Gasteiger partial charge is 0.251 e. The van der Waals surface area contributed by atoms with E-state index in [2.05, 4.69) is 20.6 Å². The van der Waals surface area contributed by atoms with Crippen LogP contribution in [-0.2, 0) is 6.61 Å². The minimum Gasteiger partial charge on any atom is -0.489 e. The third-order valence-corrected chi connectivity index (χ3v) is 5.08. The van der Waals surface area contributed by atoms with E-state index in [0.717, 1.165) is 28.3 Å². The lowest BCUT2D eigenvalue weighted by Crippen LogP contribution is -2.26. The highest BCUT2D eigenvalue weighted by atomic mass is 16.5. The lowest BCUT2D eigenvalue weighted by atomic mass is 10.1. The molecule has 0 spiro atoms. The topological polar surface area (TPSA) is 95.1 Å². The molecule has 31 heavy (non-hydrogen) atoms. The third-order valence-electron chi connectivity index (χ3n) is 5.08. The van der Waals surface area contributed by atoms with Crippen molar-refractivity contribution in [3.63, 3.8) is 0 Å². The molecule has 0 saturated carbocycles. The molecule has 0 radical (unpaired) electrons. The van der Waals surface area contributed by atoms with Crippen molar-refractivity contribution >= 4 is 5.91 Å². The predicted molar refractivity (Wildman–Crippen MR) is 114 cm³/mol. The van der Waals surface area contributed by atoms with Gasteiger partial charge < -0.3 is 14.6 Å². The summed E-state index contributed by atoms with van der Waals surface area (Å²) in [5.74, 6) is 1.17. The Hall–Kier alpha value is -3.94. The van der Waals surface area contributed by atoms with E-state index in [1.165, 1.54) is 6.33 Å². The molecule has 8 heteroatoms. The number of ether oxygens (including phenoxy) is 1. The van der Waals surface area contributed by atoms with Crippen LogP contribution in [0.25, 0.3) is 5.69 Å².